The molecule has 0 radical (unpaired) electrons. The minimum absolute atomic E-state index is 0.0995. The van der Waals surface area contributed by atoms with Crippen molar-refractivity contribution in [2.24, 2.45) is 5.73 Å². The summed E-state index contributed by atoms with van der Waals surface area (Å²) in [6.07, 6.45) is 1.07. The number of anilines is 1. The number of carbonyl (C=O) groups is 2. The molecule has 4 N–H and O–H groups in total. The molecule has 2 amide bonds. The molecular weight excluding hydrogens is 266 g/mol. The number of rotatable bonds is 7. The first kappa shape index (κ1) is 17.0. The molecule has 0 aliphatic rings. The molecule has 0 aromatic heterocycles. The molecule has 21 heavy (non-hydrogen) atoms. The average molecular weight is 291 g/mol. The van der Waals surface area contributed by atoms with E-state index in [0.29, 0.717) is 5.56 Å². The number of hydrogen-bond acceptors (Lipinski definition) is 3. The molecule has 0 unspecified atom stereocenters. The van der Waals surface area contributed by atoms with Crippen LogP contribution in [-0.2, 0) is 4.79 Å². The van der Waals surface area contributed by atoms with Gasteiger partial charge in [0.25, 0.3) is 5.91 Å². The Morgan fingerprint density at radius 3 is 2.52 bits per heavy atom. The fourth-order valence-corrected chi connectivity index (χ4v) is 2.11. The first-order valence-corrected chi connectivity index (χ1v) is 7.20. The van der Waals surface area contributed by atoms with E-state index in [-0.39, 0.29) is 12.3 Å². The molecule has 5 nitrogen and oxygen atoms in total. The van der Waals surface area contributed by atoms with Crippen LogP contribution in [0.3, 0.4) is 0 Å². The second-order valence-electron chi connectivity index (χ2n) is 5.96. The molecule has 0 heterocycles. The molecule has 0 aliphatic heterocycles. The highest BCUT2D eigenvalue weighted by Crippen LogP contribution is 2.19. The third kappa shape index (κ3) is 5.45. The van der Waals surface area contributed by atoms with Crippen molar-refractivity contribution >= 4 is 17.5 Å². The van der Waals surface area contributed by atoms with Crippen LogP contribution in [0.2, 0.25) is 0 Å². The number of benzene rings is 1. The van der Waals surface area contributed by atoms with Gasteiger partial charge in [-0.15, -0.1) is 0 Å². The van der Waals surface area contributed by atoms with Crippen LogP contribution in [0.5, 0.6) is 0 Å². The van der Waals surface area contributed by atoms with Gasteiger partial charge in [0.15, 0.2) is 0 Å². The van der Waals surface area contributed by atoms with Crippen molar-refractivity contribution in [1.29, 1.82) is 0 Å². The van der Waals surface area contributed by atoms with Crippen molar-refractivity contribution in [3.63, 3.8) is 0 Å². The van der Waals surface area contributed by atoms with Crippen molar-refractivity contribution < 1.29 is 9.59 Å². The van der Waals surface area contributed by atoms with E-state index < -0.39 is 11.4 Å². The molecule has 0 bridgehead atoms. The van der Waals surface area contributed by atoms with E-state index in [1.165, 1.54) is 0 Å². The Morgan fingerprint density at radius 2 is 1.95 bits per heavy atom. The zero-order valence-corrected chi connectivity index (χ0v) is 13.2. The van der Waals surface area contributed by atoms with Crippen molar-refractivity contribution in [1.82, 2.24) is 5.32 Å². The summed E-state index contributed by atoms with van der Waals surface area (Å²) in [5.74, 6) is -0.641. The smallest absolute Gasteiger partial charge is 0.253 e. The number of hydrogen-bond donors (Lipinski definition) is 3. The van der Waals surface area contributed by atoms with Gasteiger partial charge in [-0.1, -0.05) is 18.6 Å². The maximum absolute atomic E-state index is 12.5. The molecule has 116 valence electrons. The molecule has 0 saturated heterocycles. The summed E-state index contributed by atoms with van der Waals surface area (Å²) in [6, 6.07) is 5.71. The van der Waals surface area contributed by atoms with Gasteiger partial charge in [0.1, 0.15) is 0 Å². The van der Waals surface area contributed by atoms with E-state index in [1.54, 1.807) is 13.8 Å². The highest BCUT2D eigenvalue weighted by molar-refractivity contribution is 6.00. The molecule has 5 heteroatoms. The van der Waals surface area contributed by atoms with E-state index in [4.69, 9.17) is 5.73 Å². The number of aryl methyl sites for hydroxylation is 1. The number of amides is 2. The Balaban J connectivity index is 2.95. The lowest BCUT2D eigenvalue weighted by molar-refractivity contribution is -0.119. The van der Waals surface area contributed by atoms with Gasteiger partial charge in [-0.05, 0) is 39.3 Å². The molecule has 0 atom stereocenters. The number of carbonyl (C=O) groups excluding carboxylic acids is 2. The summed E-state index contributed by atoms with van der Waals surface area (Å²) in [5, 5.41) is 6.11. The van der Waals surface area contributed by atoms with Gasteiger partial charge in [-0.2, -0.15) is 0 Å². The fourth-order valence-electron chi connectivity index (χ4n) is 2.11. The van der Waals surface area contributed by atoms with Crippen molar-refractivity contribution in [3.05, 3.63) is 29.3 Å². The molecule has 0 spiro atoms. The summed E-state index contributed by atoms with van der Waals surface area (Å²) < 4.78 is 0. The van der Waals surface area contributed by atoms with Crippen LogP contribution in [0.1, 0.15) is 49.5 Å². The van der Waals surface area contributed by atoms with E-state index in [1.807, 2.05) is 25.1 Å². The van der Waals surface area contributed by atoms with Crippen molar-refractivity contribution in [2.75, 3.05) is 11.9 Å². The van der Waals surface area contributed by atoms with Gasteiger partial charge in [-0.3, -0.25) is 9.59 Å². The summed E-state index contributed by atoms with van der Waals surface area (Å²) in [5.41, 5.74) is 6.93. The quantitative estimate of drug-likeness (QED) is 0.720. The lowest BCUT2D eigenvalue weighted by Crippen LogP contribution is -2.46. The van der Waals surface area contributed by atoms with Crippen LogP contribution < -0.4 is 16.4 Å². The Hall–Kier alpha value is -2.04. The topological polar surface area (TPSA) is 84.2 Å². The number of nitrogens with one attached hydrogen (secondary N) is 2. The fraction of sp³-hybridized carbons (Fsp3) is 0.500. The van der Waals surface area contributed by atoms with Gasteiger partial charge in [0.05, 0.1) is 5.56 Å². The number of primary amides is 1. The molecule has 0 saturated carbocycles. The summed E-state index contributed by atoms with van der Waals surface area (Å²) in [4.78, 5) is 23.5. The van der Waals surface area contributed by atoms with Gasteiger partial charge in [-0.25, -0.2) is 0 Å². The Morgan fingerprint density at radius 1 is 1.29 bits per heavy atom. The summed E-state index contributed by atoms with van der Waals surface area (Å²) in [7, 11) is 0. The summed E-state index contributed by atoms with van der Waals surface area (Å²) in [6.45, 7) is 8.37. The van der Waals surface area contributed by atoms with Gasteiger partial charge in [0.2, 0.25) is 5.91 Å². The second kappa shape index (κ2) is 7.11. The third-order valence-corrected chi connectivity index (χ3v) is 3.05. The second-order valence-corrected chi connectivity index (χ2v) is 5.96. The Kier molecular flexibility index (Phi) is 5.76. The maximum atomic E-state index is 12.5. The van der Waals surface area contributed by atoms with Crippen LogP contribution in [0.15, 0.2) is 18.2 Å². The minimum Gasteiger partial charge on any atom is -0.384 e. The van der Waals surface area contributed by atoms with E-state index >= 15 is 0 Å². The molecule has 0 aliphatic carbocycles. The first-order valence-electron chi connectivity index (χ1n) is 7.20. The van der Waals surface area contributed by atoms with Gasteiger partial charge < -0.3 is 16.4 Å². The van der Waals surface area contributed by atoms with Crippen LogP contribution in [0, 0.1) is 6.92 Å². The SMILES string of the molecule is CCCNc1ccc(C)cc1C(=O)NC(C)(C)CC(N)=O. The monoisotopic (exact) mass is 291 g/mol. The zero-order chi connectivity index (χ0) is 16.0. The predicted molar refractivity (Wildman–Crippen MR) is 85.3 cm³/mol. The Bertz CT molecular complexity index is 524. The number of nitrogens with two attached hydrogens (primary N) is 1. The van der Waals surface area contributed by atoms with Gasteiger partial charge in [0, 0.05) is 24.2 Å². The minimum atomic E-state index is -0.672. The molecule has 1 aromatic rings. The largest absolute Gasteiger partial charge is 0.384 e. The van der Waals surface area contributed by atoms with Crippen LogP contribution in [0.25, 0.3) is 0 Å². The maximum Gasteiger partial charge on any atom is 0.253 e. The molecular formula is C16H25N3O2. The van der Waals surface area contributed by atoms with E-state index in [9.17, 15) is 9.59 Å². The highest BCUT2D eigenvalue weighted by Gasteiger charge is 2.24. The van der Waals surface area contributed by atoms with E-state index in [0.717, 1.165) is 24.2 Å². The predicted octanol–water partition coefficient (Wildman–Crippen LogP) is 2.20. The zero-order valence-electron chi connectivity index (χ0n) is 13.2. The standard InChI is InChI=1S/C16H25N3O2/c1-5-8-18-13-7-6-11(2)9-12(13)15(21)19-16(3,4)10-14(17)20/h6-7,9,18H,5,8,10H2,1-4H3,(H2,17,20)(H,19,21). The summed E-state index contributed by atoms with van der Waals surface area (Å²) >= 11 is 0. The Labute approximate surface area is 126 Å². The molecule has 1 rings (SSSR count). The molecule has 1 aromatic carbocycles. The first-order chi connectivity index (χ1) is 9.75. The lowest BCUT2D eigenvalue weighted by Gasteiger charge is -2.25. The van der Waals surface area contributed by atoms with E-state index in [2.05, 4.69) is 17.6 Å². The average Bonchev–Trinajstić information content (AvgIpc) is 2.34. The third-order valence-electron chi connectivity index (χ3n) is 3.05. The normalized spacial score (nSPS) is 11.0. The lowest BCUT2D eigenvalue weighted by atomic mass is 9.99. The van der Waals surface area contributed by atoms with Crippen LogP contribution in [-0.4, -0.2) is 23.9 Å². The van der Waals surface area contributed by atoms with Crippen molar-refractivity contribution in [3.8, 4) is 0 Å². The molecule has 0 fully saturated rings. The highest BCUT2D eigenvalue weighted by atomic mass is 16.2. The van der Waals surface area contributed by atoms with Crippen molar-refractivity contribution in [2.45, 2.75) is 46.1 Å². The van der Waals surface area contributed by atoms with Gasteiger partial charge >= 0.3 is 0 Å². The van der Waals surface area contributed by atoms with Crippen LogP contribution in [0.4, 0.5) is 5.69 Å². The van der Waals surface area contributed by atoms with Crippen LogP contribution >= 0.6 is 0 Å².